The van der Waals surface area contributed by atoms with Crippen molar-refractivity contribution in [2.24, 2.45) is 5.92 Å². The van der Waals surface area contributed by atoms with E-state index in [2.05, 4.69) is 10.3 Å². The average molecular weight is 180 g/mol. The van der Waals surface area contributed by atoms with Crippen LogP contribution in [0, 0.1) is 5.92 Å². The number of hydrogen-bond donors (Lipinski definition) is 1. The Morgan fingerprint density at radius 3 is 3.00 bits per heavy atom. The van der Waals surface area contributed by atoms with E-state index < -0.39 is 0 Å². The predicted octanol–water partition coefficient (Wildman–Crippen LogP) is 1.95. The SMILES string of the molecule is c1ncc(CNCC2CCCC2)o1. The Kier molecular flexibility index (Phi) is 2.98. The van der Waals surface area contributed by atoms with E-state index in [1.54, 1.807) is 6.20 Å². The van der Waals surface area contributed by atoms with E-state index in [0.29, 0.717) is 0 Å². The lowest BCUT2D eigenvalue weighted by Gasteiger charge is -2.08. The predicted molar refractivity (Wildman–Crippen MR) is 50.2 cm³/mol. The number of nitrogens with one attached hydrogen (secondary N) is 1. The molecule has 0 unspecified atom stereocenters. The van der Waals surface area contributed by atoms with Crippen LogP contribution >= 0.6 is 0 Å². The van der Waals surface area contributed by atoms with Crippen molar-refractivity contribution in [3.8, 4) is 0 Å². The average Bonchev–Trinajstić information content (AvgIpc) is 2.75. The van der Waals surface area contributed by atoms with Gasteiger partial charge in [0.15, 0.2) is 6.39 Å². The van der Waals surface area contributed by atoms with Crippen LogP contribution in [0.4, 0.5) is 0 Å². The summed E-state index contributed by atoms with van der Waals surface area (Å²) in [6.07, 6.45) is 8.85. The molecule has 3 nitrogen and oxygen atoms in total. The lowest BCUT2D eigenvalue weighted by molar-refractivity contribution is 0.442. The maximum Gasteiger partial charge on any atom is 0.180 e. The first kappa shape index (κ1) is 8.75. The topological polar surface area (TPSA) is 38.1 Å². The summed E-state index contributed by atoms with van der Waals surface area (Å²) in [6.45, 7) is 1.94. The van der Waals surface area contributed by atoms with Crippen LogP contribution in [-0.4, -0.2) is 11.5 Å². The van der Waals surface area contributed by atoms with Crippen LogP contribution in [0.2, 0.25) is 0 Å². The fraction of sp³-hybridized carbons (Fsp3) is 0.700. The molecule has 1 aromatic rings. The number of hydrogen-bond acceptors (Lipinski definition) is 3. The molecule has 1 aliphatic carbocycles. The van der Waals surface area contributed by atoms with Crippen molar-refractivity contribution in [2.75, 3.05) is 6.54 Å². The number of oxazole rings is 1. The number of rotatable bonds is 4. The Bertz CT molecular complexity index is 227. The van der Waals surface area contributed by atoms with E-state index in [0.717, 1.165) is 24.8 Å². The van der Waals surface area contributed by atoms with Crippen LogP contribution < -0.4 is 5.32 Å². The van der Waals surface area contributed by atoms with Gasteiger partial charge in [-0.3, -0.25) is 0 Å². The van der Waals surface area contributed by atoms with Gasteiger partial charge >= 0.3 is 0 Å². The van der Waals surface area contributed by atoms with Crippen molar-refractivity contribution >= 4 is 0 Å². The van der Waals surface area contributed by atoms with Crippen molar-refractivity contribution < 1.29 is 4.42 Å². The molecule has 0 radical (unpaired) electrons. The molecule has 0 atom stereocenters. The highest BCUT2D eigenvalue weighted by atomic mass is 16.3. The summed E-state index contributed by atoms with van der Waals surface area (Å²) in [5.41, 5.74) is 0. The normalized spacial score (nSPS) is 18.2. The van der Waals surface area contributed by atoms with E-state index in [1.165, 1.54) is 32.1 Å². The molecule has 1 aliphatic rings. The fourth-order valence-electron chi connectivity index (χ4n) is 1.94. The smallest absolute Gasteiger partial charge is 0.180 e. The minimum Gasteiger partial charge on any atom is -0.447 e. The van der Waals surface area contributed by atoms with Crippen LogP contribution in [0.3, 0.4) is 0 Å². The maximum absolute atomic E-state index is 5.12. The first-order valence-corrected chi connectivity index (χ1v) is 5.03. The van der Waals surface area contributed by atoms with Gasteiger partial charge in [0.1, 0.15) is 5.76 Å². The Labute approximate surface area is 78.5 Å². The molecule has 0 spiro atoms. The van der Waals surface area contributed by atoms with Gasteiger partial charge < -0.3 is 9.73 Å². The molecule has 1 saturated carbocycles. The summed E-state index contributed by atoms with van der Waals surface area (Å²) >= 11 is 0. The largest absolute Gasteiger partial charge is 0.447 e. The fourth-order valence-corrected chi connectivity index (χ4v) is 1.94. The van der Waals surface area contributed by atoms with Crippen LogP contribution in [0.15, 0.2) is 17.0 Å². The van der Waals surface area contributed by atoms with Gasteiger partial charge in [-0.2, -0.15) is 0 Å². The molecule has 0 saturated heterocycles. The van der Waals surface area contributed by atoms with Crippen LogP contribution in [0.1, 0.15) is 31.4 Å². The minimum atomic E-state index is 0.816. The van der Waals surface area contributed by atoms with Gasteiger partial charge in [-0.15, -0.1) is 0 Å². The molecule has 13 heavy (non-hydrogen) atoms. The van der Waals surface area contributed by atoms with Crippen molar-refractivity contribution in [3.05, 3.63) is 18.4 Å². The molecule has 2 rings (SSSR count). The molecule has 72 valence electrons. The second-order valence-corrected chi connectivity index (χ2v) is 3.75. The molecule has 1 aromatic heterocycles. The third-order valence-corrected chi connectivity index (χ3v) is 2.69. The summed E-state index contributed by atoms with van der Waals surface area (Å²) in [6, 6.07) is 0. The van der Waals surface area contributed by atoms with E-state index in [1.807, 2.05) is 0 Å². The van der Waals surface area contributed by atoms with E-state index in [-0.39, 0.29) is 0 Å². The number of nitrogens with zero attached hydrogens (tertiary/aromatic N) is 1. The maximum atomic E-state index is 5.12. The van der Waals surface area contributed by atoms with Crippen molar-refractivity contribution in [2.45, 2.75) is 32.2 Å². The monoisotopic (exact) mass is 180 g/mol. The summed E-state index contributed by atoms with van der Waals surface area (Å²) in [5.74, 6) is 1.82. The van der Waals surface area contributed by atoms with Gasteiger partial charge in [-0.05, 0) is 25.3 Å². The number of aromatic nitrogens is 1. The summed E-state index contributed by atoms with van der Waals surface area (Å²) < 4.78 is 5.12. The minimum absolute atomic E-state index is 0.816. The van der Waals surface area contributed by atoms with Gasteiger partial charge in [-0.25, -0.2) is 4.98 Å². The Morgan fingerprint density at radius 2 is 2.31 bits per heavy atom. The summed E-state index contributed by atoms with van der Waals surface area (Å²) in [7, 11) is 0. The van der Waals surface area contributed by atoms with E-state index in [4.69, 9.17) is 4.42 Å². The molecular formula is C10H16N2O. The lowest BCUT2D eigenvalue weighted by atomic mass is 10.1. The molecular weight excluding hydrogens is 164 g/mol. The zero-order chi connectivity index (χ0) is 8.93. The van der Waals surface area contributed by atoms with Gasteiger partial charge in [-0.1, -0.05) is 12.8 Å². The standard InChI is InChI=1S/C10H16N2O/c1-2-4-9(3-1)5-11-6-10-7-12-8-13-10/h7-9,11H,1-6H2. The lowest BCUT2D eigenvalue weighted by Crippen LogP contribution is -2.20. The summed E-state index contributed by atoms with van der Waals surface area (Å²) in [4.78, 5) is 3.87. The molecule has 1 N–H and O–H groups in total. The van der Waals surface area contributed by atoms with Crippen LogP contribution in [0.5, 0.6) is 0 Å². The molecule has 3 heteroatoms. The second-order valence-electron chi connectivity index (χ2n) is 3.75. The third kappa shape index (κ3) is 2.56. The Morgan fingerprint density at radius 1 is 1.46 bits per heavy atom. The van der Waals surface area contributed by atoms with Crippen molar-refractivity contribution in [1.29, 1.82) is 0 Å². The zero-order valence-corrected chi connectivity index (χ0v) is 7.83. The molecule has 0 amide bonds. The quantitative estimate of drug-likeness (QED) is 0.769. The molecule has 1 fully saturated rings. The van der Waals surface area contributed by atoms with Crippen molar-refractivity contribution in [3.63, 3.8) is 0 Å². The highest BCUT2D eigenvalue weighted by Crippen LogP contribution is 2.23. The van der Waals surface area contributed by atoms with Crippen LogP contribution in [-0.2, 0) is 6.54 Å². The highest BCUT2D eigenvalue weighted by Gasteiger charge is 2.13. The second kappa shape index (κ2) is 4.42. The Balaban J connectivity index is 1.63. The van der Waals surface area contributed by atoms with Gasteiger partial charge in [0.2, 0.25) is 0 Å². The molecule has 0 aromatic carbocycles. The Hall–Kier alpha value is -0.830. The highest BCUT2D eigenvalue weighted by molar-refractivity contribution is 4.87. The zero-order valence-electron chi connectivity index (χ0n) is 7.83. The van der Waals surface area contributed by atoms with Gasteiger partial charge in [0.05, 0.1) is 12.7 Å². The first-order chi connectivity index (χ1) is 6.45. The van der Waals surface area contributed by atoms with E-state index in [9.17, 15) is 0 Å². The van der Waals surface area contributed by atoms with Gasteiger partial charge in [0, 0.05) is 0 Å². The first-order valence-electron chi connectivity index (χ1n) is 5.03. The molecule has 1 heterocycles. The van der Waals surface area contributed by atoms with E-state index >= 15 is 0 Å². The summed E-state index contributed by atoms with van der Waals surface area (Å²) in [5, 5.41) is 3.40. The van der Waals surface area contributed by atoms with Gasteiger partial charge in [0.25, 0.3) is 0 Å². The van der Waals surface area contributed by atoms with Crippen LogP contribution in [0.25, 0.3) is 0 Å². The molecule has 0 bridgehead atoms. The third-order valence-electron chi connectivity index (χ3n) is 2.69. The van der Waals surface area contributed by atoms with Crippen molar-refractivity contribution in [1.82, 2.24) is 10.3 Å². The molecule has 0 aliphatic heterocycles.